The van der Waals surface area contributed by atoms with Crippen molar-refractivity contribution in [1.82, 2.24) is 9.80 Å². The lowest BCUT2D eigenvalue weighted by atomic mass is 9.96. The first kappa shape index (κ1) is 22.0. The third-order valence-corrected chi connectivity index (χ3v) is 5.46. The van der Waals surface area contributed by atoms with Gasteiger partial charge in [-0.1, -0.05) is 30.3 Å². The third kappa shape index (κ3) is 4.12. The molecule has 0 saturated carbocycles. The van der Waals surface area contributed by atoms with E-state index in [0.29, 0.717) is 16.5 Å². The number of amides is 1. The molecule has 2 heterocycles. The molecule has 3 aromatic rings. The number of nitrogens with zero attached hydrogens (tertiary/aromatic N) is 2. The molecule has 1 aliphatic rings. The largest absolute Gasteiger partial charge is 0.424 e. The van der Waals surface area contributed by atoms with Crippen molar-refractivity contribution in [3.63, 3.8) is 0 Å². The summed E-state index contributed by atoms with van der Waals surface area (Å²) < 4.78 is 5.44. The zero-order valence-corrected chi connectivity index (χ0v) is 17.8. The molecule has 1 aromatic heterocycles. The lowest BCUT2D eigenvalue weighted by Gasteiger charge is -2.32. The number of halogens is 1. The molecule has 7 heteroatoms. The van der Waals surface area contributed by atoms with E-state index in [1.807, 2.05) is 29.2 Å². The number of hydrogen-bond donors (Lipinski definition) is 1. The van der Waals surface area contributed by atoms with E-state index in [0.717, 1.165) is 37.1 Å². The Bertz CT molecular complexity index is 1100. The molecule has 1 atom stereocenters. The highest BCUT2D eigenvalue weighted by Crippen LogP contribution is 2.34. The zero-order chi connectivity index (χ0) is 20.5. The summed E-state index contributed by atoms with van der Waals surface area (Å²) in [6, 6.07) is 14.5. The van der Waals surface area contributed by atoms with Crippen molar-refractivity contribution in [2.24, 2.45) is 0 Å². The summed E-state index contributed by atoms with van der Waals surface area (Å²) in [7, 11) is 2.05. The fraction of sp³-hybridized carbons (Fsp3) is 0.304. The monoisotopic (exact) mass is 428 g/mol. The van der Waals surface area contributed by atoms with Crippen molar-refractivity contribution in [2.75, 3.05) is 33.2 Å². The molecule has 158 valence electrons. The Kier molecular flexibility index (Phi) is 6.61. The fourth-order valence-corrected chi connectivity index (χ4v) is 3.78. The molecular weight excluding hydrogens is 404 g/mol. The minimum Gasteiger partial charge on any atom is -0.424 e. The van der Waals surface area contributed by atoms with Crippen LogP contribution in [0.15, 0.2) is 57.7 Å². The molecule has 0 radical (unpaired) electrons. The van der Waals surface area contributed by atoms with Crippen LogP contribution in [0.5, 0.6) is 0 Å². The van der Waals surface area contributed by atoms with Crippen LogP contribution in [0.2, 0.25) is 0 Å². The molecule has 1 fully saturated rings. The highest BCUT2D eigenvalue weighted by Gasteiger charge is 2.22. The van der Waals surface area contributed by atoms with Crippen LogP contribution in [0.3, 0.4) is 0 Å². The van der Waals surface area contributed by atoms with Gasteiger partial charge >= 0.3 is 5.63 Å². The van der Waals surface area contributed by atoms with Crippen LogP contribution in [0, 0.1) is 0 Å². The average Bonchev–Trinajstić information content (AvgIpc) is 2.74. The molecule has 30 heavy (non-hydrogen) atoms. The summed E-state index contributed by atoms with van der Waals surface area (Å²) in [6.45, 7) is 4.75. The minimum absolute atomic E-state index is 0. The minimum atomic E-state index is -0.936. The van der Waals surface area contributed by atoms with Gasteiger partial charge in [-0.3, -0.25) is 4.79 Å². The van der Waals surface area contributed by atoms with E-state index in [-0.39, 0.29) is 24.1 Å². The molecule has 0 bridgehead atoms. The van der Waals surface area contributed by atoms with E-state index in [2.05, 4.69) is 11.9 Å². The Morgan fingerprint density at radius 1 is 1.00 bits per heavy atom. The maximum absolute atomic E-state index is 12.8. The van der Waals surface area contributed by atoms with Crippen LogP contribution in [-0.2, 0) is 0 Å². The first-order valence-electron chi connectivity index (χ1n) is 9.78. The third-order valence-electron chi connectivity index (χ3n) is 5.46. The van der Waals surface area contributed by atoms with Gasteiger partial charge in [-0.2, -0.15) is 0 Å². The number of carbonyl (C=O) groups excluding carboxylic acids is 1. The van der Waals surface area contributed by atoms with E-state index >= 15 is 0 Å². The Labute approximate surface area is 181 Å². The molecular formula is C23H25ClN2O4. The van der Waals surface area contributed by atoms with Crippen molar-refractivity contribution in [2.45, 2.75) is 13.0 Å². The molecule has 0 aliphatic carbocycles. The van der Waals surface area contributed by atoms with Crippen LogP contribution < -0.4 is 5.63 Å². The van der Waals surface area contributed by atoms with Crippen LogP contribution in [0.25, 0.3) is 21.9 Å². The normalized spacial score (nSPS) is 15.6. The molecule has 6 nitrogen and oxygen atoms in total. The quantitative estimate of drug-likeness (QED) is 0.692. The number of fused-ring (bicyclic) bond motifs is 1. The van der Waals surface area contributed by atoms with Crippen molar-refractivity contribution in [3.8, 4) is 11.1 Å². The van der Waals surface area contributed by atoms with Gasteiger partial charge in [-0.05, 0) is 37.7 Å². The van der Waals surface area contributed by atoms with Crippen LogP contribution in [0.1, 0.15) is 29.1 Å². The number of likely N-dealkylation sites (N-methyl/N-ethyl adjacent to an activating group) is 1. The second-order valence-corrected chi connectivity index (χ2v) is 7.52. The SMILES string of the molecule is CC(O)c1oc(=O)c2ccccc2c1-c1ccc(C(=O)N2CCN(C)CC2)cc1.Cl. The average molecular weight is 429 g/mol. The number of aliphatic hydroxyl groups excluding tert-OH is 1. The Morgan fingerprint density at radius 3 is 2.20 bits per heavy atom. The van der Waals surface area contributed by atoms with Gasteiger partial charge in [0, 0.05) is 42.7 Å². The van der Waals surface area contributed by atoms with E-state index in [4.69, 9.17) is 4.42 Å². The molecule has 1 unspecified atom stereocenters. The van der Waals surface area contributed by atoms with E-state index in [1.54, 1.807) is 31.2 Å². The maximum atomic E-state index is 12.8. The van der Waals surface area contributed by atoms with Crippen molar-refractivity contribution >= 4 is 29.1 Å². The summed E-state index contributed by atoms with van der Waals surface area (Å²) in [6.07, 6.45) is -0.936. The number of rotatable bonds is 3. The highest BCUT2D eigenvalue weighted by molar-refractivity contribution is 5.98. The Morgan fingerprint density at radius 2 is 1.60 bits per heavy atom. The summed E-state index contributed by atoms with van der Waals surface area (Å²) in [5, 5.41) is 11.4. The summed E-state index contributed by atoms with van der Waals surface area (Å²) >= 11 is 0. The number of benzene rings is 2. The predicted molar refractivity (Wildman–Crippen MR) is 119 cm³/mol. The van der Waals surface area contributed by atoms with Crippen LogP contribution >= 0.6 is 12.4 Å². The number of carbonyl (C=O) groups is 1. The fourth-order valence-electron chi connectivity index (χ4n) is 3.78. The van der Waals surface area contributed by atoms with Gasteiger partial charge in [0.05, 0.1) is 5.39 Å². The first-order valence-corrected chi connectivity index (χ1v) is 9.78. The van der Waals surface area contributed by atoms with Gasteiger partial charge in [0.2, 0.25) is 0 Å². The zero-order valence-electron chi connectivity index (χ0n) is 17.0. The summed E-state index contributed by atoms with van der Waals surface area (Å²) in [5.41, 5.74) is 1.62. The van der Waals surface area contributed by atoms with Gasteiger partial charge in [0.1, 0.15) is 11.9 Å². The van der Waals surface area contributed by atoms with E-state index < -0.39 is 11.7 Å². The smallest absolute Gasteiger partial charge is 0.343 e. The van der Waals surface area contributed by atoms with Crippen LogP contribution in [-0.4, -0.2) is 54.0 Å². The second-order valence-electron chi connectivity index (χ2n) is 7.52. The number of piperazine rings is 1. The molecule has 4 rings (SSSR count). The highest BCUT2D eigenvalue weighted by atomic mass is 35.5. The van der Waals surface area contributed by atoms with Crippen LogP contribution in [0.4, 0.5) is 0 Å². The van der Waals surface area contributed by atoms with Gasteiger partial charge in [-0.25, -0.2) is 4.79 Å². The first-order chi connectivity index (χ1) is 14.0. The molecule has 1 amide bonds. The van der Waals surface area contributed by atoms with E-state index in [1.165, 1.54) is 0 Å². The van der Waals surface area contributed by atoms with Crippen molar-refractivity contribution in [1.29, 1.82) is 0 Å². The topological polar surface area (TPSA) is 74.0 Å². The molecule has 1 aliphatic heterocycles. The van der Waals surface area contributed by atoms with Crippen molar-refractivity contribution < 1.29 is 14.3 Å². The Hall–Kier alpha value is -2.67. The maximum Gasteiger partial charge on any atom is 0.343 e. The number of aliphatic hydroxyl groups is 1. The predicted octanol–water partition coefficient (Wildman–Crippen LogP) is 3.32. The van der Waals surface area contributed by atoms with Gasteiger partial charge in [-0.15, -0.1) is 12.4 Å². The lowest BCUT2D eigenvalue weighted by molar-refractivity contribution is 0.0664. The molecule has 0 spiro atoms. The van der Waals surface area contributed by atoms with E-state index in [9.17, 15) is 14.7 Å². The molecule has 2 aromatic carbocycles. The van der Waals surface area contributed by atoms with Crippen molar-refractivity contribution in [3.05, 3.63) is 70.3 Å². The molecule has 1 N–H and O–H groups in total. The summed E-state index contributed by atoms with van der Waals surface area (Å²) in [4.78, 5) is 29.2. The van der Waals surface area contributed by atoms with Gasteiger partial charge < -0.3 is 19.3 Å². The van der Waals surface area contributed by atoms with Gasteiger partial charge in [0.15, 0.2) is 0 Å². The second kappa shape index (κ2) is 9.00. The molecule has 1 saturated heterocycles. The van der Waals surface area contributed by atoms with Gasteiger partial charge in [0.25, 0.3) is 5.91 Å². The standard InChI is InChI=1S/C23H24N2O4.ClH/c1-15(26)21-20(18-5-3-4-6-19(18)23(28)29-21)16-7-9-17(10-8-16)22(27)25-13-11-24(2)12-14-25;/h3-10,15,26H,11-14H2,1-2H3;1H. The summed E-state index contributed by atoms with van der Waals surface area (Å²) in [5.74, 6) is 0.247. The Balaban J connectivity index is 0.00000256. The number of hydrogen-bond acceptors (Lipinski definition) is 5. The lowest BCUT2D eigenvalue weighted by Crippen LogP contribution is -2.47.